The number of carbonyl (C=O) groups excluding carboxylic acids is 2. The molecule has 0 radical (unpaired) electrons. The highest BCUT2D eigenvalue weighted by molar-refractivity contribution is 6.09. The smallest absolute Gasteiger partial charge is 0.433 e. The SMILES string of the molecule is COC(=O)c1cc2nn([C@H]3CC[C@H](C(C)C)CC3)cc2cc1NC(=O)c1cccc(C(F)(F)F)n1. The number of hydrogen-bond donors (Lipinski definition) is 1. The molecule has 0 unspecified atom stereocenters. The number of fused-ring (bicyclic) bond motifs is 1. The van der Waals surface area contributed by atoms with E-state index in [0.717, 1.165) is 37.8 Å². The van der Waals surface area contributed by atoms with Crippen LogP contribution in [0.15, 0.2) is 36.5 Å². The lowest BCUT2D eigenvalue weighted by molar-refractivity contribution is -0.141. The topological polar surface area (TPSA) is 86.1 Å². The first-order valence-corrected chi connectivity index (χ1v) is 11.5. The summed E-state index contributed by atoms with van der Waals surface area (Å²) in [6.45, 7) is 4.48. The number of alkyl halides is 3. The Morgan fingerprint density at radius 2 is 1.86 bits per heavy atom. The first kappa shape index (κ1) is 24.7. The molecule has 1 aromatic carbocycles. The summed E-state index contributed by atoms with van der Waals surface area (Å²) in [5, 5.41) is 7.86. The summed E-state index contributed by atoms with van der Waals surface area (Å²) in [6, 6.07) is 6.40. The van der Waals surface area contributed by atoms with E-state index in [1.165, 1.54) is 19.2 Å². The summed E-state index contributed by atoms with van der Waals surface area (Å²) in [6.07, 6.45) is 1.44. The van der Waals surface area contributed by atoms with Gasteiger partial charge in [0.05, 0.1) is 29.9 Å². The summed E-state index contributed by atoms with van der Waals surface area (Å²) >= 11 is 0. The average molecular weight is 489 g/mol. The Kier molecular flexibility index (Phi) is 6.82. The predicted octanol–water partition coefficient (Wildman–Crippen LogP) is 5.88. The zero-order valence-electron chi connectivity index (χ0n) is 19.7. The summed E-state index contributed by atoms with van der Waals surface area (Å²) in [5.41, 5.74) is -0.882. The number of nitrogens with zero attached hydrogens (tertiary/aromatic N) is 3. The van der Waals surface area contributed by atoms with Crippen molar-refractivity contribution in [2.45, 2.75) is 51.7 Å². The number of methoxy groups -OCH3 is 1. The normalized spacial score (nSPS) is 18.6. The molecule has 2 heterocycles. The number of benzene rings is 1. The molecule has 0 atom stereocenters. The largest absolute Gasteiger partial charge is 0.465 e. The molecule has 186 valence electrons. The summed E-state index contributed by atoms with van der Waals surface area (Å²) in [4.78, 5) is 28.5. The molecule has 1 N–H and O–H groups in total. The van der Waals surface area contributed by atoms with E-state index in [-0.39, 0.29) is 17.3 Å². The van der Waals surface area contributed by atoms with Crippen LogP contribution in [-0.2, 0) is 10.9 Å². The Morgan fingerprint density at radius 1 is 1.14 bits per heavy atom. The van der Waals surface area contributed by atoms with Gasteiger partial charge in [0.1, 0.15) is 11.4 Å². The van der Waals surface area contributed by atoms with Crippen LogP contribution >= 0.6 is 0 Å². The highest BCUT2D eigenvalue weighted by Crippen LogP contribution is 2.36. The number of esters is 1. The van der Waals surface area contributed by atoms with Crippen LogP contribution < -0.4 is 5.32 Å². The molecule has 1 aliphatic carbocycles. The van der Waals surface area contributed by atoms with Crippen molar-refractivity contribution in [1.29, 1.82) is 0 Å². The lowest BCUT2D eigenvalue weighted by atomic mass is 9.80. The van der Waals surface area contributed by atoms with E-state index in [1.54, 1.807) is 6.07 Å². The molecule has 0 spiro atoms. The predicted molar refractivity (Wildman–Crippen MR) is 124 cm³/mol. The van der Waals surface area contributed by atoms with Crippen molar-refractivity contribution < 1.29 is 27.5 Å². The van der Waals surface area contributed by atoms with E-state index in [4.69, 9.17) is 4.74 Å². The van der Waals surface area contributed by atoms with Gasteiger partial charge in [-0.15, -0.1) is 0 Å². The molecule has 1 aliphatic rings. The zero-order chi connectivity index (χ0) is 25.3. The van der Waals surface area contributed by atoms with Gasteiger partial charge in [-0.1, -0.05) is 19.9 Å². The van der Waals surface area contributed by atoms with Crippen molar-refractivity contribution in [2.75, 3.05) is 12.4 Å². The van der Waals surface area contributed by atoms with Crippen LogP contribution in [0.3, 0.4) is 0 Å². The highest BCUT2D eigenvalue weighted by atomic mass is 19.4. The van der Waals surface area contributed by atoms with Crippen LogP contribution in [-0.4, -0.2) is 33.8 Å². The number of halogens is 3. The van der Waals surface area contributed by atoms with Crippen molar-refractivity contribution in [1.82, 2.24) is 14.8 Å². The number of nitrogens with one attached hydrogen (secondary N) is 1. The van der Waals surface area contributed by atoms with Gasteiger partial charge in [0, 0.05) is 11.6 Å². The van der Waals surface area contributed by atoms with Crippen LogP contribution in [0.25, 0.3) is 10.9 Å². The van der Waals surface area contributed by atoms with Gasteiger partial charge in [-0.3, -0.25) is 9.48 Å². The second-order valence-corrected chi connectivity index (χ2v) is 9.23. The maximum absolute atomic E-state index is 13.0. The van der Waals surface area contributed by atoms with Crippen molar-refractivity contribution in [3.63, 3.8) is 0 Å². The summed E-state index contributed by atoms with van der Waals surface area (Å²) < 4.78 is 45.8. The molecule has 7 nitrogen and oxygen atoms in total. The second-order valence-electron chi connectivity index (χ2n) is 9.23. The number of pyridine rings is 1. The van der Waals surface area contributed by atoms with Gasteiger partial charge in [-0.25, -0.2) is 9.78 Å². The Morgan fingerprint density at radius 3 is 2.49 bits per heavy atom. The molecule has 1 amide bonds. The third kappa shape index (κ3) is 5.31. The first-order valence-electron chi connectivity index (χ1n) is 11.5. The van der Waals surface area contributed by atoms with Crippen molar-refractivity contribution in [3.8, 4) is 0 Å². The number of carbonyl (C=O) groups is 2. The molecule has 3 aromatic rings. The number of ether oxygens (including phenoxy) is 1. The molecule has 2 aromatic heterocycles. The summed E-state index contributed by atoms with van der Waals surface area (Å²) in [5.74, 6) is -0.229. The standard InChI is InChI=1S/C25H27F3N4O3/c1-14(2)15-7-9-17(10-8-15)32-13-16-11-21(18(24(34)35-3)12-20(16)31-32)30-23(33)19-5-4-6-22(29-19)25(26,27)28/h4-6,11-15,17H,7-10H2,1-3H3,(H,30,33)/t15-,17-. The molecular formula is C25H27F3N4O3. The molecule has 0 saturated heterocycles. The fourth-order valence-electron chi connectivity index (χ4n) is 4.60. The molecule has 1 fully saturated rings. The van der Waals surface area contributed by atoms with Crippen molar-refractivity contribution in [3.05, 3.63) is 53.5 Å². The highest BCUT2D eigenvalue weighted by Gasteiger charge is 2.33. The molecule has 0 bridgehead atoms. The molecule has 4 rings (SSSR count). The Balaban J connectivity index is 1.63. The quantitative estimate of drug-likeness (QED) is 0.454. The van der Waals surface area contributed by atoms with Crippen LogP contribution in [0.4, 0.5) is 18.9 Å². The van der Waals surface area contributed by atoms with E-state index in [0.29, 0.717) is 22.7 Å². The maximum Gasteiger partial charge on any atom is 0.433 e. The van der Waals surface area contributed by atoms with Crippen LogP contribution in [0.5, 0.6) is 0 Å². The lowest BCUT2D eigenvalue weighted by Gasteiger charge is -2.30. The molecular weight excluding hydrogens is 461 g/mol. The fourth-order valence-corrected chi connectivity index (χ4v) is 4.60. The van der Waals surface area contributed by atoms with Crippen LogP contribution in [0.2, 0.25) is 0 Å². The molecule has 1 saturated carbocycles. The fraction of sp³-hybridized carbons (Fsp3) is 0.440. The zero-order valence-corrected chi connectivity index (χ0v) is 19.7. The molecule has 0 aliphatic heterocycles. The number of anilines is 1. The van der Waals surface area contributed by atoms with Crippen LogP contribution in [0.1, 0.15) is 72.1 Å². The van der Waals surface area contributed by atoms with Crippen molar-refractivity contribution >= 4 is 28.5 Å². The molecule has 35 heavy (non-hydrogen) atoms. The third-order valence-corrected chi connectivity index (χ3v) is 6.65. The van der Waals surface area contributed by atoms with Gasteiger partial charge in [-0.05, 0) is 61.8 Å². The Labute approximate surface area is 200 Å². The Bertz CT molecular complexity index is 1240. The average Bonchev–Trinajstić information content (AvgIpc) is 3.25. The van der Waals surface area contributed by atoms with Gasteiger partial charge in [0.25, 0.3) is 5.91 Å². The second kappa shape index (κ2) is 9.67. The van der Waals surface area contributed by atoms with Gasteiger partial charge in [0.2, 0.25) is 0 Å². The monoisotopic (exact) mass is 488 g/mol. The number of hydrogen-bond acceptors (Lipinski definition) is 5. The number of aromatic nitrogens is 3. The first-order chi connectivity index (χ1) is 16.6. The van der Waals surface area contributed by atoms with E-state index >= 15 is 0 Å². The molecule has 10 heteroatoms. The van der Waals surface area contributed by atoms with Crippen LogP contribution in [0, 0.1) is 11.8 Å². The lowest BCUT2D eigenvalue weighted by Crippen LogP contribution is -2.21. The minimum atomic E-state index is -4.69. The minimum Gasteiger partial charge on any atom is -0.465 e. The van der Waals surface area contributed by atoms with E-state index in [2.05, 4.69) is 29.2 Å². The van der Waals surface area contributed by atoms with Gasteiger partial charge in [-0.2, -0.15) is 18.3 Å². The van der Waals surface area contributed by atoms with Crippen molar-refractivity contribution in [2.24, 2.45) is 11.8 Å². The van der Waals surface area contributed by atoms with Gasteiger partial charge < -0.3 is 10.1 Å². The number of rotatable bonds is 5. The van der Waals surface area contributed by atoms with Gasteiger partial charge in [0.15, 0.2) is 0 Å². The van der Waals surface area contributed by atoms with E-state index < -0.39 is 29.4 Å². The minimum absolute atomic E-state index is 0.0501. The van der Waals surface area contributed by atoms with E-state index in [9.17, 15) is 22.8 Å². The van der Waals surface area contributed by atoms with Gasteiger partial charge >= 0.3 is 12.1 Å². The van der Waals surface area contributed by atoms with E-state index in [1.807, 2.05) is 10.9 Å². The maximum atomic E-state index is 13.0. The Hall–Kier alpha value is -3.43. The number of amides is 1. The summed E-state index contributed by atoms with van der Waals surface area (Å²) in [7, 11) is 1.21. The third-order valence-electron chi connectivity index (χ3n) is 6.65.